The van der Waals surface area contributed by atoms with Crippen LogP contribution in [0.25, 0.3) is 32.3 Å². The molecule has 0 saturated heterocycles. The Balaban J connectivity index is 1.83. The van der Waals surface area contributed by atoms with Crippen LogP contribution >= 0.6 is 12.1 Å². The Bertz CT molecular complexity index is 1430. The SMILES string of the molecule is C/C=C\C(=C/CC)N(c1ccc(SF)cc1)c1ccc2ccc3cccc4ccc1c2c34. The van der Waals surface area contributed by atoms with Gasteiger partial charge in [-0.1, -0.05) is 67.6 Å². The van der Waals surface area contributed by atoms with E-state index in [4.69, 9.17) is 0 Å². The van der Waals surface area contributed by atoms with Crippen molar-refractivity contribution in [1.82, 2.24) is 0 Å². The van der Waals surface area contributed by atoms with E-state index < -0.39 is 0 Å². The lowest BCUT2D eigenvalue weighted by atomic mass is 9.93. The van der Waals surface area contributed by atoms with E-state index in [0.29, 0.717) is 4.90 Å². The van der Waals surface area contributed by atoms with Crippen LogP contribution in [0.3, 0.4) is 0 Å². The van der Waals surface area contributed by atoms with E-state index in [-0.39, 0.29) is 12.1 Å². The molecule has 0 atom stereocenters. The molecule has 5 rings (SSSR count). The van der Waals surface area contributed by atoms with Crippen molar-refractivity contribution < 1.29 is 3.89 Å². The molecule has 0 aliphatic carbocycles. The molecule has 0 bridgehead atoms. The van der Waals surface area contributed by atoms with E-state index in [2.05, 4.69) is 84.6 Å². The van der Waals surface area contributed by atoms with Crippen LogP contribution in [0.4, 0.5) is 15.3 Å². The predicted octanol–water partition coefficient (Wildman–Crippen LogP) is 9.57. The minimum Gasteiger partial charge on any atom is -0.310 e. The number of anilines is 2. The molecule has 3 heteroatoms. The summed E-state index contributed by atoms with van der Waals surface area (Å²) in [5, 5.41) is 7.56. The molecule has 0 saturated carbocycles. The van der Waals surface area contributed by atoms with Gasteiger partial charge in [0.1, 0.15) is 0 Å². The van der Waals surface area contributed by atoms with Gasteiger partial charge in [0.05, 0.1) is 17.8 Å². The van der Waals surface area contributed by atoms with Gasteiger partial charge in [-0.3, -0.25) is 0 Å². The van der Waals surface area contributed by atoms with Gasteiger partial charge in [-0.2, -0.15) is 3.89 Å². The highest BCUT2D eigenvalue weighted by Crippen LogP contribution is 2.42. The third-order valence-corrected chi connectivity index (χ3v) is 6.39. The first-order valence-electron chi connectivity index (χ1n) is 10.9. The minimum atomic E-state index is 0.274. The summed E-state index contributed by atoms with van der Waals surface area (Å²) in [6.07, 6.45) is 7.35. The summed E-state index contributed by atoms with van der Waals surface area (Å²) < 4.78 is 13.1. The van der Waals surface area contributed by atoms with Crippen LogP contribution in [0.1, 0.15) is 20.3 Å². The maximum Gasteiger partial charge on any atom is 0.0812 e. The molecule has 0 fully saturated rings. The molecule has 1 nitrogen and oxygen atoms in total. The van der Waals surface area contributed by atoms with Crippen molar-refractivity contribution in [2.75, 3.05) is 4.90 Å². The Kier molecular flexibility index (Phi) is 5.59. The predicted molar refractivity (Wildman–Crippen MR) is 139 cm³/mol. The van der Waals surface area contributed by atoms with Crippen LogP contribution in [0.5, 0.6) is 0 Å². The molecule has 0 aliphatic rings. The zero-order valence-electron chi connectivity index (χ0n) is 18.2. The Morgan fingerprint density at radius 2 is 1.50 bits per heavy atom. The Morgan fingerprint density at radius 3 is 2.16 bits per heavy atom. The van der Waals surface area contributed by atoms with Gasteiger partial charge in [0.25, 0.3) is 0 Å². The summed E-state index contributed by atoms with van der Waals surface area (Å²) in [5.74, 6) is 0. The second-order valence-corrected chi connectivity index (χ2v) is 8.51. The van der Waals surface area contributed by atoms with Crippen molar-refractivity contribution >= 4 is 55.8 Å². The zero-order valence-corrected chi connectivity index (χ0v) is 19.0. The zero-order chi connectivity index (χ0) is 22.1. The summed E-state index contributed by atoms with van der Waals surface area (Å²) in [4.78, 5) is 2.89. The van der Waals surface area contributed by atoms with Gasteiger partial charge in [-0.05, 0) is 76.7 Å². The Hall–Kier alpha value is -3.30. The maximum atomic E-state index is 13.1. The maximum absolute atomic E-state index is 13.1. The molecule has 158 valence electrons. The third-order valence-electron chi connectivity index (χ3n) is 5.94. The molecule has 0 amide bonds. The topological polar surface area (TPSA) is 3.24 Å². The van der Waals surface area contributed by atoms with Gasteiger partial charge >= 0.3 is 0 Å². The highest BCUT2D eigenvalue weighted by molar-refractivity contribution is 7.94. The second-order valence-electron chi connectivity index (χ2n) is 7.88. The van der Waals surface area contributed by atoms with Crippen molar-refractivity contribution in [3.05, 3.63) is 103 Å². The Morgan fingerprint density at radius 1 is 0.844 bits per heavy atom. The lowest BCUT2D eigenvalue weighted by Crippen LogP contribution is -2.15. The summed E-state index contributed by atoms with van der Waals surface area (Å²) in [5.41, 5.74) is 3.23. The van der Waals surface area contributed by atoms with E-state index in [9.17, 15) is 3.89 Å². The number of hydrogen-bond donors (Lipinski definition) is 0. The van der Waals surface area contributed by atoms with Crippen molar-refractivity contribution in [2.45, 2.75) is 25.2 Å². The smallest absolute Gasteiger partial charge is 0.0812 e. The number of hydrogen-bond acceptors (Lipinski definition) is 2. The van der Waals surface area contributed by atoms with Gasteiger partial charge < -0.3 is 4.90 Å². The molecule has 0 N–H and O–H groups in total. The van der Waals surface area contributed by atoms with Crippen LogP contribution in [0.2, 0.25) is 0 Å². The van der Waals surface area contributed by atoms with Crippen molar-refractivity contribution in [3.8, 4) is 0 Å². The number of allylic oxidation sites excluding steroid dienone is 3. The molecular formula is C29H24FNS. The van der Waals surface area contributed by atoms with Crippen LogP contribution in [-0.4, -0.2) is 0 Å². The second kappa shape index (κ2) is 8.68. The van der Waals surface area contributed by atoms with Gasteiger partial charge in [0.2, 0.25) is 0 Å². The molecule has 0 heterocycles. The van der Waals surface area contributed by atoms with E-state index >= 15 is 0 Å². The molecule has 0 unspecified atom stereocenters. The van der Waals surface area contributed by atoms with E-state index in [0.717, 1.165) is 23.5 Å². The molecule has 5 aromatic carbocycles. The van der Waals surface area contributed by atoms with Crippen molar-refractivity contribution in [3.63, 3.8) is 0 Å². The van der Waals surface area contributed by atoms with Gasteiger partial charge in [0, 0.05) is 21.7 Å². The van der Waals surface area contributed by atoms with Crippen LogP contribution in [-0.2, 0) is 0 Å². The van der Waals surface area contributed by atoms with Crippen molar-refractivity contribution in [2.24, 2.45) is 0 Å². The number of benzene rings is 5. The number of rotatable bonds is 6. The first-order chi connectivity index (χ1) is 15.7. The summed E-state index contributed by atoms with van der Waals surface area (Å²) in [7, 11) is 0. The highest BCUT2D eigenvalue weighted by atomic mass is 32.2. The normalized spacial score (nSPS) is 12.5. The average molecular weight is 438 g/mol. The fraction of sp³-hybridized carbons (Fsp3) is 0.103. The largest absolute Gasteiger partial charge is 0.310 e. The Labute approximate surface area is 192 Å². The monoisotopic (exact) mass is 437 g/mol. The molecule has 0 aromatic heterocycles. The minimum absolute atomic E-state index is 0.274. The van der Waals surface area contributed by atoms with E-state index in [1.807, 2.05) is 31.2 Å². The molecule has 5 aromatic rings. The first-order valence-corrected chi connectivity index (χ1v) is 11.6. The van der Waals surface area contributed by atoms with Crippen LogP contribution in [0.15, 0.2) is 108 Å². The first kappa shape index (κ1) is 20.6. The summed E-state index contributed by atoms with van der Waals surface area (Å²) in [6.45, 7) is 4.18. The summed E-state index contributed by atoms with van der Waals surface area (Å²) >= 11 is 0.274. The molecule has 0 radical (unpaired) electrons. The lowest BCUT2D eigenvalue weighted by molar-refractivity contribution is 0.934. The number of halogens is 1. The average Bonchev–Trinajstić information content (AvgIpc) is 2.84. The van der Waals surface area contributed by atoms with Gasteiger partial charge in [0.15, 0.2) is 0 Å². The van der Waals surface area contributed by atoms with E-state index in [1.54, 1.807) is 0 Å². The fourth-order valence-corrected chi connectivity index (χ4v) is 4.84. The van der Waals surface area contributed by atoms with Gasteiger partial charge in [-0.15, -0.1) is 0 Å². The number of nitrogens with zero attached hydrogens (tertiary/aromatic N) is 1. The van der Waals surface area contributed by atoms with Crippen molar-refractivity contribution in [1.29, 1.82) is 0 Å². The standard InChI is InChI=1S/C29H24FNS/c1-3-6-23(7-4-2)31(24-14-16-25(32-30)17-15-24)27-19-13-22-11-10-20-8-5-9-21-12-18-26(27)29(22)28(20)21/h3,5-19H,4H2,1-2H3/b6-3-,23-7+. The highest BCUT2D eigenvalue weighted by Gasteiger charge is 2.18. The van der Waals surface area contributed by atoms with Gasteiger partial charge in [-0.25, -0.2) is 0 Å². The molecule has 32 heavy (non-hydrogen) atoms. The molecule has 0 aliphatic heterocycles. The lowest BCUT2D eigenvalue weighted by Gasteiger charge is -2.28. The van der Waals surface area contributed by atoms with Crippen LogP contribution < -0.4 is 4.90 Å². The fourth-order valence-electron chi connectivity index (χ4n) is 4.60. The quantitative estimate of drug-likeness (QED) is 0.192. The molecular weight excluding hydrogens is 413 g/mol. The van der Waals surface area contributed by atoms with Crippen LogP contribution in [0, 0.1) is 0 Å². The van der Waals surface area contributed by atoms with E-state index in [1.165, 1.54) is 32.3 Å². The third kappa shape index (κ3) is 3.43. The molecule has 0 spiro atoms. The summed E-state index contributed by atoms with van der Waals surface area (Å²) in [6, 6.07) is 27.4.